The van der Waals surface area contributed by atoms with Crippen LogP contribution in [-0.2, 0) is 0 Å². The van der Waals surface area contributed by atoms with Gasteiger partial charge in [-0.05, 0) is 48.9 Å². The maximum absolute atomic E-state index is 4.72. The predicted molar refractivity (Wildman–Crippen MR) is 113 cm³/mol. The monoisotopic (exact) mass is 358 g/mol. The van der Waals surface area contributed by atoms with E-state index in [1.54, 1.807) is 0 Å². The van der Waals surface area contributed by atoms with Crippen molar-refractivity contribution in [2.45, 2.75) is 45.6 Å². The van der Waals surface area contributed by atoms with E-state index in [0.29, 0.717) is 17.9 Å². The molecule has 0 unspecified atom stereocenters. The van der Waals surface area contributed by atoms with E-state index >= 15 is 0 Å². The summed E-state index contributed by atoms with van der Waals surface area (Å²) in [6, 6.07) is 19.3. The minimum atomic E-state index is 0.511. The van der Waals surface area contributed by atoms with Crippen LogP contribution in [0.2, 0.25) is 0 Å². The van der Waals surface area contributed by atoms with Gasteiger partial charge in [0.05, 0.1) is 5.69 Å². The van der Waals surface area contributed by atoms with Gasteiger partial charge in [-0.25, -0.2) is 4.98 Å². The van der Waals surface area contributed by atoms with Crippen LogP contribution in [0.1, 0.15) is 43.7 Å². The minimum Gasteiger partial charge on any atom is -0.351 e. The minimum absolute atomic E-state index is 0.511. The zero-order chi connectivity index (χ0) is 18.8. The summed E-state index contributed by atoms with van der Waals surface area (Å²) in [5.74, 6) is 2.03. The molecular weight excluding hydrogens is 332 g/mol. The molecule has 0 saturated heterocycles. The Bertz CT molecular complexity index is 930. The summed E-state index contributed by atoms with van der Waals surface area (Å²) in [5.41, 5.74) is 5.74. The van der Waals surface area contributed by atoms with Crippen LogP contribution in [0.4, 0.5) is 17.5 Å². The van der Waals surface area contributed by atoms with Crippen LogP contribution in [0.15, 0.2) is 54.6 Å². The van der Waals surface area contributed by atoms with Gasteiger partial charge < -0.3 is 10.6 Å². The van der Waals surface area contributed by atoms with Gasteiger partial charge in [0.15, 0.2) is 0 Å². The van der Waals surface area contributed by atoms with Crippen molar-refractivity contribution in [3.05, 3.63) is 65.7 Å². The third-order valence-electron chi connectivity index (χ3n) is 4.87. The Balaban J connectivity index is 1.66. The van der Waals surface area contributed by atoms with Crippen molar-refractivity contribution in [3.8, 4) is 11.3 Å². The second-order valence-corrected chi connectivity index (χ2v) is 7.60. The summed E-state index contributed by atoms with van der Waals surface area (Å²) in [6.07, 6.45) is 2.38. The lowest BCUT2D eigenvalue weighted by Crippen LogP contribution is -2.08. The predicted octanol–water partition coefficient (Wildman–Crippen LogP) is 5.89. The molecule has 1 saturated carbocycles. The number of aromatic nitrogens is 2. The van der Waals surface area contributed by atoms with E-state index in [4.69, 9.17) is 4.98 Å². The standard InChI is InChI=1S/C23H26N4/c1-15(2)20-12-11-19(13-16(20)3)24-22-14-21(17-7-5-4-6-8-17)26-23(27-22)25-18-9-10-18/h4-8,11-15,18H,9-10H2,1-3H3,(H2,24,25,26,27). The lowest BCUT2D eigenvalue weighted by molar-refractivity contribution is 0.857. The molecule has 1 aliphatic rings. The summed E-state index contributed by atoms with van der Waals surface area (Å²) >= 11 is 0. The van der Waals surface area contributed by atoms with E-state index in [-0.39, 0.29) is 0 Å². The fraction of sp³-hybridized carbons (Fsp3) is 0.304. The number of benzene rings is 2. The van der Waals surface area contributed by atoms with E-state index in [1.165, 1.54) is 24.0 Å². The molecule has 2 N–H and O–H groups in total. The maximum Gasteiger partial charge on any atom is 0.225 e. The third-order valence-corrected chi connectivity index (χ3v) is 4.87. The van der Waals surface area contributed by atoms with Gasteiger partial charge in [0.2, 0.25) is 5.95 Å². The van der Waals surface area contributed by atoms with E-state index in [1.807, 2.05) is 24.3 Å². The molecule has 1 aromatic heterocycles. The highest BCUT2D eigenvalue weighted by atomic mass is 15.2. The first kappa shape index (κ1) is 17.5. The van der Waals surface area contributed by atoms with Gasteiger partial charge in [0.25, 0.3) is 0 Å². The van der Waals surface area contributed by atoms with Crippen LogP contribution in [0.3, 0.4) is 0 Å². The molecule has 0 radical (unpaired) electrons. The summed E-state index contributed by atoms with van der Waals surface area (Å²) < 4.78 is 0. The van der Waals surface area contributed by atoms with Crippen LogP contribution in [0, 0.1) is 6.92 Å². The highest BCUT2D eigenvalue weighted by molar-refractivity contribution is 5.68. The first-order valence-corrected chi connectivity index (χ1v) is 9.67. The van der Waals surface area contributed by atoms with Gasteiger partial charge in [-0.15, -0.1) is 0 Å². The number of hydrogen-bond donors (Lipinski definition) is 2. The summed E-state index contributed by atoms with van der Waals surface area (Å²) in [6.45, 7) is 6.61. The topological polar surface area (TPSA) is 49.8 Å². The molecule has 1 heterocycles. The van der Waals surface area contributed by atoms with Gasteiger partial charge in [-0.2, -0.15) is 4.98 Å². The molecule has 27 heavy (non-hydrogen) atoms. The summed E-state index contributed by atoms with van der Waals surface area (Å²) in [5, 5.41) is 6.89. The Morgan fingerprint density at radius 3 is 2.41 bits per heavy atom. The van der Waals surface area contributed by atoms with Crippen molar-refractivity contribution in [2.75, 3.05) is 10.6 Å². The molecule has 138 valence electrons. The van der Waals surface area contributed by atoms with Crippen molar-refractivity contribution < 1.29 is 0 Å². The molecule has 2 aromatic carbocycles. The Morgan fingerprint density at radius 2 is 1.74 bits per heavy atom. The largest absolute Gasteiger partial charge is 0.351 e. The Kier molecular flexibility index (Phi) is 4.80. The fourth-order valence-corrected chi connectivity index (χ4v) is 3.29. The Hall–Kier alpha value is -2.88. The molecule has 3 aromatic rings. The summed E-state index contributed by atoms with van der Waals surface area (Å²) in [7, 11) is 0. The number of hydrogen-bond acceptors (Lipinski definition) is 4. The van der Waals surface area contributed by atoms with Crippen LogP contribution >= 0.6 is 0 Å². The zero-order valence-electron chi connectivity index (χ0n) is 16.2. The molecule has 0 amide bonds. The SMILES string of the molecule is Cc1cc(Nc2cc(-c3ccccc3)nc(NC3CC3)n2)ccc1C(C)C. The molecule has 1 fully saturated rings. The molecule has 0 atom stereocenters. The zero-order valence-corrected chi connectivity index (χ0v) is 16.2. The molecule has 1 aliphatic carbocycles. The van der Waals surface area contributed by atoms with Gasteiger partial charge in [0, 0.05) is 23.4 Å². The van der Waals surface area contributed by atoms with Crippen LogP contribution < -0.4 is 10.6 Å². The number of anilines is 3. The van der Waals surface area contributed by atoms with Crippen molar-refractivity contribution in [1.82, 2.24) is 9.97 Å². The normalized spacial score (nSPS) is 13.6. The second kappa shape index (κ2) is 7.39. The van der Waals surface area contributed by atoms with Crippen LogP contribution in [-0.4, -0.2) is 16.0 Å². The van der Waals surface area contributed by atoms with E-state index in [0.717, 1.165) is 22.8 Å². The third kappa shape index (κ3) is 4.27. The first-order chi connectivity index (χ1) is 13.1. The molecular formula is C23H26N4. The van der Waals surface area contributed by atoms with E-state index in [2.05, 4.69) is 66.7 Å². The average molecular weight is 358 g/mol. The number of nitrogens with one attached hydrogen (secondary N) is 2. The van der Waals surface area contributed by atoms with Gasteiger partial charge in [-0.1, -0.05) is 50.2 Å². The Labute approximate surface area is 161 Å². The highest BCUT2D eigenvalue weighted by Crippen LogP contribution is 2.28. The number of nitrogens with zero attached hydrogens (tertiary/aromatic N) is 2. The summed E-state index contributed by atoms with van der Waals surface area (Å²) in [4.78, 5) is 9.41. The number of aryl methyl sites for hydroxylation is 1. The quantitative estimate of drug-likeness (QED) is 0.576. The van der Waals surface area contributed by atoms with Crippen LogP contribution in [0.5, 0.6) is 0 Å². The molecule has 4 rings (SSSR count). The van der Waals surface area contributed by atoms with Crippen molar-refractivity contribution >= 4 is 17.5 Å². The van der Waals surface area contributed by atoms with Crippen molar-refractivity contribution in [3.63, 3.8) is 0 Å². The lowest BCUT2D eigenvalue weighted by atomic mass is 9.98. The second-order valence-electron chi connectivity index (χ2n) is 7.60. The van der Waals surface area contributed by atoms with Crippen molar-refractivity contribution in [2.24, 2.45) is 0 Å². The molecule has 0 spiro atoms. The molecule has 0 bridgehead atoms. The Morgan fingerprint density at radius 1 is 0.963 bits per heavy atom. The lowest BCUT2D eigenvalue weighted by Gasteiger charge is -2.14. The number of rotatable bonds is 6. The average Bonchev–Trinajstić information content (AvgIpc) is 3.46. The fourth-order valence-electron chi connectivity index (χ4n) is 3.29. The first-order valence-electron chi connectivity index (χ1n) is 9.67. The highest BCUT2D eigenvalue weighted by Gasteiger charge is 2.22. The molecule has 4 heteroatoms. The smallest absolute Gasteiger partial charge is 0.225 e. The molecule has 4 nitrogen and oxygen atoms in total. The van der Waals surface area contributed by atoms with Gasteiger partial charge in [-0.3, -0.25) is 0 Å². The van der Waals surface area contributed by atoms with Crippen LogP contribution in [0.25, 0.3) is 11.3 Å². The maximum atomic E-state index is 4.72. The van der Waals surface area contributed by atoms with Gasteiger partial charge >= 0.3 is 0 Å². The van der Waals surface area contributed by atoms with Gasteiger partial charge in [0.1, 0.15) is 5.82 Å². The van der Waals surface area contributed by atoms with E-state index < -0.39 is 0 Å². The van der Waals surface area contributed by atoms with E-state index in [9.17, 15) is 0 Å². The molecule has 0 aliphatic heterocycles. The van der Waals surface area contributed by atoms with Crippen molar-refractivity contribution in [1.29, 1.82) is 0 Å².